The van der Waals surface area contributed by atoms with Gasteiger partial charge in [0.25, 0.3) is 0 Å². The molecular weight excluding hydrogens is 480 g/mol. The largest absolute Gasteiger partial charge is 0.495 e. The van der Waals surface area contributed by atoms with Gasteiger partial charge in [-0.15, -0.1) is 0 Å². The van der Waals surface area contributed by atoms with Gasteiger partial charge in [-0.2, -0.15) is 0 Å². The number of piperazine rings is 1. The van der Waals surface area contributed by atoms with E-state index in [1.807, 2.05) is 56.6 Å². The number of pyridine rings is 1. The molecule has 0 aliphatic carbocycles. The Morgan fingerprint density at radius 3 is 2.18 bits per heavy atom. The van der Waals surface area contributed by atoms with Crippen LogP contribution in [0.1, 0.15) is 51.2 Å². The summed E-state index contributed by atoms with van der Waals surface area (Å²) in [4.78, 5) is 9.27. The first kappa shape index (κ1) is 32.1. The van der Waals surface area contributed by atoms with E-state index < -0.39 is 0 Å². The van der Waals surface area contributed by atoms with Crippen molar-refractivity contribution in [2.24, 2.45) is 0 Å². The minimum atomic E-state index is 0.447. The molecule has 1 unspecified atom stereocenters. The third kappa shape index (κ3) is 12.1. The average Bonchev–Trinajstić information content (AvgIpc) is 3.00. The molecular formula is C34H50N4O. The summed E-state index contributed by atoms with van der Waals surface area (Å²) >= 11 is 0. The molecule has 2 aromatic carbocycles. The van der Waals surface area contributed by atoms with Gasteiger partial charge in [-0.3, -0.25) is 9.88 Å². The first-order valence-electron chi connectivity index (χ1n) is 14.5. The van der Waals surface area contributed by atoms with E-state index in [0.29, 0.717) is 5.92 Å². The maximum atomic E-state index is 5.54. The Morgan fingerprint density at radius 2 is 1.56 bits per heavy atom. The quantitative estimate of drug-likeness (QED) is 0.230. The minimum Gasteiger partial charge on any atom is -0.495 e. The maximum absolute atomic E-state index is 5.54. The van der Waals surface area contributed by atoms with Crippen LogP contribution < -0.4 is 15.0 Å². The summed E-state index contributed by atoms with van der Waals surface area (Å²) in [6.45, 7) is 15.5. The van der Waals surface area contributed by atoms with Gasteiger partial charge in [-0.25, -0.2) is 0 Å². The van der Waals surface area contributed by atoms with Crippen molar-refractivity contribution in [3.05, 3.63) is 102 Å². The lowest BCUT2D eigenvalue weighted by atomic mass is 9.92. The lowest BCUT2D eigenvalue weighted by molar-refractivity contribution is 0.256. The molecule has 5 nitrogen and oxygen atoms in total. The predicted molar refractivity (Wildman–Crippen MR) is 168 cm³/mol. The maximum Gasteiger partial charge on any atom is 0.142 e. The van der Waals surface area contributed by atoms with E-state index in [2.05, 4.69) is 82.5 Å². The van der Waals surface area contributed by atoms with Gasteiger partial charge < -0.3 is 15.0 Å². The number of methoxy groups -OCH3 is 1. The molecule has 2 heterocycles. The fraction of sp³-hybridized carbons (Fsp3) is 0.441. The second-order valence-corrected chi connectivity index (χ2v) is 9.75. The molecule has 0 bridgehead atoms. The summed E-state index contributed by atoms with van der Waals surface area (Å²) < 4.78 is 5.54. The molecule has 1 N–H and O–H groups in total. The van der Waals surface area contributed by atoms with Crippen LogP contribution in [-0.4, -0.2) is 62.8 Å². The van der Waals surface area contributed by atoms with Crippen LogP contribution in [0.2, 0.25) is 0 Å². The second-order valence-electron chi connectivity index (χ2n) is 9.75. The van der Waals surface area contributed by atoms with Gasteiger partial charge in [0.15, 0.2) is 0 Å². The summed E-state index contributed by atoms with van der Waals surface area (Å²) in [5, 5.41) is 3.72. The van der Waals surface area contributed by atoms with E-state index in [4.69, 9.17) is 4.74 Å². The van der Waals surface area contributed by atoms with Crippen molar-refractivity contribution in [1.82, 2.24) is 15.2 Å². The lowest BCUT2D eigenvalue weighted by Crippen LogP contribution is -2.48. The number of allylic oxidation sites excluding steroid dienone is 2. The van der Waals surface area contributed by atoms with Crippen molar-refractivity contribution in [2.45, 2.75) is 46.5 Å². The molecule has 4 rings (SSSR count). The standard InChI is InChI=1S/C27H34N4O.C4H8.C3H8/c1-32-27-12-6-5-11-26(27)31-18-16-30(17-19-31)15-14-29-22-25(24-9-3-2-4-10-24)20-23-8-7-13-28-21-23;1-3-4-2;1-3-2/h2-13,21,25,29H,14-20,22H2,1H3;3-4H,1-2H3;3H2,1-2H3/b;4-3-;. The number of aromatic nitrogens is 1. The topological polar surface area (TPSA) is 40.6 Å². The van der Waals surface area contributed by atoms with Crippen LogP contribution in [0.5, 0.6) is 5.75 Å². The fourth-order valence-electron chi connectivity index (χ4n) is 4.45. The highest BCUT2D eigenvalue weighted by Gasteiger charge is 2.19. The van der Waals surface area contributed by atoms with Crippen molar-refractivity contribution in [2.75, 3.05) is 57.8 Å². The van der Waals surface area contributed by atoms with E-state index >= 15 is 0 Å². The zero-order chi connectivity index (χ0) is 28.1. The van der Waals surface area contributed by atoms with Gasteiger partial charge in [0, 0.05) is 64.1 Å². The number of anilines is 1. The molecule has 0 spiro atoms. The number of hydrogen-bond donors (Lipinski definition) is 1. The molecule has 1 aliphatic rings. The number of ether oxygens (including phenoxy) is 1. The third-order valence-electron chi connectivity index (χ3n) is 6.60. The van der Waals surface area contributed by atoms with Crippen LogP contribution in [0.15, 0.2) is 91.3 Å². The van der Waals surface area contributed by atoms with Crippen LogP contribution >= 0.6 is 0 Å². The van der Waals surface area contributed by atoms with Crippen LogP contribution in [-0.2, 0) is 6.42 Å². The molecule has 0 radical (unpaired) electrons. The van der Waals surface area contributed by atoms with Gasteiger partial charge in [-0.05, 0) is 49.6 Å². The van der Waals surface area contributed by atoms with Crippen LogP contribution in [0, 0.1) is 0 Å². The number of nitrogens with zero attached hydrogens (tertiary/aromatic N) is 3. The predicted octanol–water partition coefficient (Wildman–Crippen LogP) is 6.83. The van der Waals surface area contributed by atoms with E-state index in [0.717, 1.165) is 58.0 Å². The molecule has 3 aromatic rings. The first-order valence-corrected chi connectivity index (χ1v) is 14.5. The lowest BCUT2D eigenvalue weighted by Gasteiger charge is -2.36. The van der Waals surface area contributed by atoms with E-state index in [-0.39, 0.29) is 0 Å². The minimum absolute atomic E-state index is 0.447. The molecule has 1 aliphatic heterocycles. The van der Waals surface area contributed by atoms with Gasteiger partial charge in [0.2, 0.25) is 0 Å². The Balaban J connectivity index is 0.000000686. The fourth-order valence-corrected chi connectivity index (χ4v) is 4.45. The molecule has 0 saturated carbocycles. The van der Waals surface area contributed by atoms with Gasteiger partial charge in [0.05, 0.1) is 12.8 Å². The molecule has 5 heteroatoms. The van der Waals surface area contributed by atoms with Crippen molar-refractivity contribution in [1.29, 1.82) is 0 Å². The average molecular weight is 531 g/mol. The number of benzene rings is 2. The highest BCUT2D eigenvalue weighted by molar-refractivity contribution is 5.58. The molecule has 1 atom stereocenters. The van der Waals surface area contributed by atoms with Gasteiger partial charge in [0.1, 0.15) is 5.75 Å². The Morgan fingerprint density at radius 1 is 0.897 bits per heavy atom. The van der Waals surface area contributed by atoms with Crippen LogP contribution in [0.25, 0.3) is 0 Å². The summed E-state index contributed by atoms with van der Waals surface area (Å²) in [7, 11) is 1.75. The second kappa shape index (κ2) is 19.9. The van der Waals surface area contributed by atoms with Crippen LogP contribution in [0.3, 0.4) is 0 Å². The molecule has 1 aromatic heterocycles. The van der Waals surface area contributed by atoms with Crippen LogP contribution in [0.4, 0.5) is 5.69 Å². The third-order valence-corrected chi connectivity index (χ3v) is 6.60. The highest BCUT2D eigenvalue weighted by atomic mass is 16.5. The first-order chi connectivity index (χ1) is 19.2. The zero-order valence-electron chi connectivity index (χ0n) is 24.9. The Labute approximate surface area is 237 Å². The summed E-state index contributed by atoms with van der Waals surface area (Å²) in [5.41, 5.74) is 3.87. The van der Waals surface area contributed by atoms with Gasteiger partial charge in [-0.1, -0.05) is 81.0 Å². The number of hydrogen-bond acceptors (Lipinski definition) is 5. The van der Waals surface area contributed by atoms with E-state index in [9.17, 15) is 0 Å². The summed E-state index contributed by atoms with van der Waals surface area (Å²) in [6.07, 6.45) is 10.1. The Bertz CT molecular complexity index is 1010. The zero-order valence-corrected chi connectivity index (χ0v) is 24.9. The normalized spacial score (nSPS) is 14.1. The number of rotatable bonds is 10. The molecule has 1 saturated heterocycles. The summed E-state index contributed by atoms with van der Waals surface area (Å²) in [6, 6.07) is 23.3. The smallest absolute Gasteiger partial charge is 0.142 e. The van der Waals surface area contributed by atoms with E-state index in [1.54, 1.807) is 7.11 Å². The number of para-hydroxylation sites is 2. The van der Waals surface area contributed by atoms with Gasteiger partial charge >= 0.3 is 0 Å². The summed E-state index contributed by atoms with van der Waals surface area (Å²) in [5.74, 6) is 1.41. The monoisotopic (exact) mass is 530 g/mol. The molecule has 1 fully saturated rings. The molecule has 0 amide bonds. The SMILES string of the molecule is C/C=C\C.CCC.COc1ccccc1N1CCN(CCNCC(Cc2cccnc2)c2ccccc2)CC1. The van der Waals surface area contributed by atoms with Crippen molar-refractivity contribution in [3.63, 3.8) is 0 Å². The Kier molecular flexibility index (Phi) is 16.3. The molecule has 212 valence electrons. The number of nitrogens with one attached hydrogen (secondary N) is 1. The Hall–Kier alpha value is -3.15. The highest BCUT2D eigenvalue weighted by Crippen LogP contribution is 2.28. The molecule has 39 heavy (non-hydrogen) atoms. The van der Waals surface area contributed by atoms with Crippen molar-refractivity contribution < 1.29 is 4.74 Å². The van der Waals surface area contributed by atoms with E-state index in [1.165, 1.54) is 23.2 Å². The van der Waals surface area contributed by atoms with Crippen molar-refractivity contribution >= 4 is 5.69 Å². The van der Waals surface area contributed by atoms with Crippen molar-refractivity contribution in [3.8, 4) is 5.75 Å².